The fraction of sp³-hybridized carbons (Fsp3) is 0.296. The Kier molecular flexibility index (Phi) is 6.92. The van der Waals surface area contributed by atoms with Gasteiger partial charge in [-0.2, -0.15) is 0 Å². The predicted octanol–water partition coefficient (Wildman–Crippen LogP) is 3.17. The lowest BCUT2D eigenvalue weighted by molar-refractivity contribution is -0.142. The Bertz CT molecular complexity index is 1260. The van der Waals surface area contributed by atoms with Crippen LogP contribution in [0.3, 0.4) is 0 Å². The molecule has 36 heavy (non-hydrogen) atoms. The molecule has 8 nitrogen and oxygen atoms in total. The van der Waals surface area contributed by atoms with Crippen LogP contribution in [0.25, 0.3) is 0 Å². The normalized spacial score (nSPS) is 22.2. The maximum absolute atomic E-state index is 13.4. The number of nitrogens with one attached hydrogen (secondary N) is 2. The fourth-order valence-corrected chi connectivity index (χ4v) is 4.79. The van der Waals surface area contributed by atoms with Crippen molar-refractivity contribution in [2.24, 2.45) is 0 Å². The third kappa shape index (κ3) is 5.22. The van der Waals surface area contributed by atoms with E-state index < -0.39 is 12.2 Å². The van der Waals surface area contributed by atoms with Gasteiger partial charge in [0.2, 0.25) is 5.91 Å². The van der Waals surface area contributed by atoms with Crippen LogP contribution in [0.15, 0.2) is 67.0 Å². The molecule has 3 N–H and O–H groups in total. The van der Waals surface area contributed by atoms with Crippen molar-refractivity contribution >= 4 is 17.5 Å². The van der Waals surface area contributed by atoms with E-state index in [-0.39, 0.29) is 49.2 Å². The number of fused-ring (bicyclic) bond motifs is 3. The number of carbonyl (C=O) groups excluding carboxylic acids is 2. The zero-order valence-electron chi connectivity index (χ0n) is 19.4. The first kappa shape index (κ1) is 23.9. The van der Waals surface area contributed by atoms with Gasteiger partial charge in [0.25, 0.3) is 5.91 Å². The third-order valence-electron chi connectivity index (χ3n) is 6.47. The van der Waals surface area contributed by atoms with Gasteiger partial charge in [-0.1, -0.05) is 12.1 Å². The Balaban J connectivity index is 1.26. The van der Waals surface area contributed by atoms with Crippen molar-refractivity contribution in [3.8, 4) is 5.75 Å². The highest BCUT2D eigenvalue weighted by molar-refractivity contribution is 6.04. The lowest BCUT2D eigenvalue weighted by Gasteiger charge is -2.37. The summed E-state index contributed by atoms with van der Waals surface area (Å²) >= 11 is 0. The average molecular weight is 492 g/mol. The number of rotatable bonds is 7. The molecule has 0 radical (unpaired) electrons. The van der Waals surface area contributed by atoms with E-state index in [0.717, 1.165) is 5.56 Å². The first-order chi connectivity index (χ1) is 17.5. The van der Waals surface area contributed by atoms with E-state index in [4.69, 9.17) is 9.47 Å². The van der Waals surface area contributed by atoms with Crippen LogP contribution in [0, 0.1) is 5.82 Å². The van der Waals surface area contributed by atoms with Gasteiger partial charge in [0, 0.05) is 36.1 Å². The van der Waals surface area contributed by atoms with Crippen LogP contribution in [0.1, 0.15) is 40.2 Å². The van der Waals surface area contributed by atoms with Gasteiger partial charge in [0.15, 0.2) is 0 Å². The first-order valence-corrected chi connectivity index (χ1v) is 11.8. The van der Waals surface area contributed by atoms with Crippen LogP contribution in [0.4, 0.5) is 10.1 Å². The molecule has 1 aromatic heterocycles. The standard InChI is InChI=1S/C27H26FN3O5/c28-18-5-1-3-16(9-18)13-30-25(33)12-20-11-22-21-10-19(31-27(34)17-4-2-8-29-14-17)6-7-23(21)36-26(22)24(15-32)35-20/h1-10,14,20,22,24,26,32H,11-13,15H2,(H,30,33)(H,31,34)/t20-,22-,24+,26+/m0/s1. The van der Waals surface area contributed by atoms with E-state index in [1.54, 1.807) is 42.6 Å². The average Bonchev–Trinajstić information content (AvgIpc) is 3.25. The van der Waals surface area contributed by atoms with Crippen LogP contribution in [0.5, 0.6) is 5.75 Å². The summed E-state index contributed by atoms with van der Waals surface area (Å²) in [5.41, 5.74) is 2.63. The second-order valence-corrected chi connectivity index (χ2v) is 8.96. The third-order valence-corrected chi connectivity index (χ3v) is 6.47. The number of pyridine rings is 1. The number of benzene rings is 2. The summed E-state index contributed by atoms with van der Waals surface area (Å²) in [5.74, 6) is -0.294. The van der Waals surface area contributed by atoms with E-state index in [1.165, 1.54) is 18.3 Å². The molecule has 0 saturated carbocycles. The molecule has 1 fully saturated rings. The van der Waals surface area contributed by atoms with Gasteiger partial charge < -0.3 is 25.2 Å². The molecule has 3 heterocycles. The minimum Gasteiger partial charge on any atom is -0.487 e. The first-order valence-electron chi connectivity index (χ1n) is 11.8. The number of nitrogens with zero attached hydrogens (tertiary/aromatic N) is 1. The molecule has 3 aromatic rings. The summed E-state index contributed by atoms with van der Waals surface area (Å²) in [6.45, 7) is -0.0358. The van der Waals surface area contributed by atoms with Crippen LogP contribution >= 0.6 is 0 Å². The van der Waals surface area contributed by atoms with Crippen molar-refractivity contribution in [3.63, 3.8) is 0 Å². The molecule has 2 aliphatic rings. The number of ether oxygens (including phenoxy) is 2. The summed E-state index contributed by atoms with van der Waals surface area (Å²) < 4.78 is 25.5. The summed E-state index contributed by atoms with van der Waals surface area (Å²) in [6.07, 6.45) is 2.30. The van der Waals surface area contributed by atoms with Crippen molar-refractivity contribution in [1.82, 2.24) is 10.3 Å². The van der Waals surface area contributed by atoms with Crippen LogP contribution < -0.4 is 15.4 Å². The Morgan fingerprint density at radius 2 is 2.03 bits per heavy atom. The van der Waals surface area contributed by atoms with Gasteiger partial charge in [-0.15, -0.1) is 0 Å². The van der Waals surface area contributed by atoms with Gasteiger partial charge in [-0.05, 0) is 54.4 Å². The van der Waals surface area contributed by atoms with Crippen LogP contribution in [-0.2, 0) is 16.1 Å². The predicted molar refractivity (Wildman–Crippen MR) is 129 cm³/mol. The molecule has 2 amide bonds. The molecule has 4 atom stereocenters. The number of hydrogen-bond donors (Lipinski definition) is 3. The Morgan fingerprint density at radius 1 is 1.14 bits per heavy atom. The van der Waals surface area contributed by atoms with Crippen molar-refractivity contribution in [1.29, 1.82) is 0 Å². The molecule has 1 saturated heterocycles. The number of anilines is 1. The lowest BCUT2D eigenvalue weighted by Crippen LogP contribution is -2.47. The van der Waals surface area contributed by atoms with Crippen molar-refractivity contribution in [3.05, 3.63) is 89.5 Å². The number of amides is 2. The van der Waals surface area contributed by atoms with Crippen molar-refractivity contribution < 1.29 is 28.6 Å². The molecule has 2 aromatic carbocycles. The summed E-state index contributed by atoms with van der Waals surface area (Å²) in [7, 11) is 0. The second-order valence-electron chi connectivity index (χ2n) is 8.96. The molecular formula is C27H26FN3O5. The molecule has 0 bridgehead atoms. The Hall–Kier alpha value is -3.82. The van der Waals surface area contributed by atoms with E-state index >= 15 is 0 Å². The van der Waals surface area contributed by atoms with Crippen molar-refractivity contribution in [2.75, 3.05) is 11.9 Å². The Labute approximate surface area is 207 Å². The summed E-state index contributed by atoms with van der Waals surface area (Å²) in [6, 6.07) is 14.9. The zero-order chi connectivity index (χ0) is 25.1. The summed E-state index contributed by atoms with van der Waals surface area (Å²) in [5, 5.41) is 15.6. The summed E-state index contributed by atoms with van der Waals surface area (Å²) in [4.78, 5) is 29.1. The molecule has 186 valence electrons. The van der Waals surface area contributed by atoms with Gasteiger partial charge in [0.1, 0.15) is 23.8 Å². The number of aliphatic hydroxyl groups is 1. The molecule has 5 rings (SSSR count). The largest absolute Gasteiger partial charge is 0.487 e. The lowest BCUT2D eigenvalue weighted by atomic mass is 9.84. The molecule has 0 unspecified atom stereocenters. The highest BCUT2D eigenvalue weighted by atomic mass is 19.1. The monoisotopic (exact) mass is 491 g/mol. The van der Waals surface area contributed by atoms with Crippen molar-refractivity contribution in [2.45, 2.75) is 43.6 Å². The second kappa shape index (κ2) is 10.4. The number of carbonyl (C=O) groups is 2. The Morgan fingerprint density at radius 3 is 2.81 bits per heavy atom. The smallest absolute Gasteiger partial charge is 0.257 e. The maximum Gasteiger partial charge on any atom is 0.257 e. The van der Waals surface area contributed by atoms with Gasteiger partial charge in [-0.3, -0.25) is 14.6 Å². The van der Waals surface area contributed by atoms with Gasteiger partial charge >= 0.3 is 0 Å². The molecule has 9 heteroatoms. The maximum atomic E-state index is 13.4. The van der Waals surface area contributed by atoms with E-state index in [9.17, 15) is 19.1 Å². The topological polar surface area (TPSA) is 110 Å². The zero-order valence-corrected chi connectivity index (χ0v) is 19.4. The quantitative estimate of drug-likeness (QED) is 0.468. The molecule has 0 aliphatic carbocycles. The SMILES string of the molecule is O=C(C[C@@H]1C[C@H]2c3cc(NC(=O)c4cccnc4)ccc3O[C@H]2[C@@H](CO)O1)NCc1cccc(F)c1. The highest BCUT2D eigenvalue weighted by Crippen LogP contribution is 2.47. The van der Waals surface area contributed by atoms with E-state index in [2.05, 4.69) is 15.6 Å². The van der Waals surface area contributed by atoms with E-state index in [0.29, 0.717) is 29.0 Å². The van der Waals surface area contributed by atoms with Crippen LogP contribution in [0.2, 0.25) is 0 Å². The van der Waals surface area contributed by atoms with Crippen LogP contribution in [-0.4, -0.2) is 46.8 Å². The number of halogens is 1. The van der Waals surface area contributed by atoms with Gasteiger partial charge in [0.05, 0.1) is 24.7 Å². The number of hydrogen-bond acceptors (Lipinski definition) is 6. The minimum absolute atomic E-state index is 0.0990. The number of aliphatic hydroxyl groups excluding tert-OH is 1. The highest BCUT2D eigenvalue weighted by Gasteiger charge is 2.46. The van der Waals surface area contributed by atoms with Gasteiger partial charge in [-0.25, -0.2) is 4.39 Å². The number of aromatic nitrogens is 1. The molecular weight excluding hydrogens is 465 g/mol. The molecule has 2 aliphatic heterocycles. The molecule has 0 spiro atoms. The van der Waals surface area contributed by atoms with E-state index in [1.807, 2.05) is 6.07 Å². The fourth-order valence-electron chi connectivity index (χ4n) is 4.79. The minimum atomic E-state index is -0.592.